The number of benzene rings is 1. The highest BCUT2D eigenvalue weighted by Crippen LogP contribution is 2.66. The Bertz CT molecular complexity index is 1700. The standard InChI is InChI=1S/C36H46N6O3S/c1-38(2)46-40(4)34(43)30-16-15-27-31(22-9-7-6-8-10-22)32-26-14-13-25(45-5)17-28(26)29-18-36(29,21-41(32)33(27)37-30)35(44)42-23-11-12-24(42)20-39(3)19-23/h13-17,22-24,29H,6-12,18-21H2,1-5H3. The summed E-state index contributed by atoms with van der Waals surface area (Å²) < 4.78 is 11.7. The molecule has 10 heteroatoms. The maximum atomic E-state index is 15.0. The lowest BCUT2D eigenvalue weighted by Crippen LogP contribution is -2.57. The van der Waals surface area contributed by atoms with E-state index in [0.29, 0.717) is 24.1 Å². The summed E-state index contributed by atoms with van der Waals surface area (Å²) in [5, 5.41) is 1.13. The van der Waals surface area contributed by atoms with E-state index in [9.17, 15) is 9.59 Å². The number of ether oxygens (including phenoxy) is 1. The summed E-state index contributed by atoms with van der Waals surface area (Å²) in [5.41, 5.74) is 5.73. The van der Waals surface area contributed by atoms with Crippen molar-refractivity contribution in [3.63, 3.8) is 0 Å². The van der Waals surface area contributed by atoms with Gasteiger partial charge in [-0.15, -0.1) is 0 Å². The highest BCUT2D eigenvalue weighted by molar-refractivity contribution is 7.95. The SMILES string of the molecule is COc1ccc2c(c1)C1CC1(C(=O)N1C3CCC1CN(C)C3)Cn1c-2c(C2CCCCC2)c2ccc(C(=O)N(C)SN(C)C)nc21. The zero-order chi connectivity index (χ0) is 31.9. The van der Waals surface area contributed by atoms with Crippen molar-refractivity contribution >= 4 is 35.0 Å². The Hall–Kier alpha value is -3.08. The molecule has 4 unspecified atom stereocenters. The van der Waals surface area contributed by atoms with Crippen molar-refractivity contribution in [2.45, 2.75) is 81.8 Å². The maximum absolute atomic E-state index is 15.0. The number of likely N-dealkylation sites (N-methyl/N-ethyl adjacent to an activating group) is 1. The van der Waals surface area contributed by atoms with Crippen LogP contribution >= 0.6 is 12.1 Å². The van der Waals surface area contributed by atoms with E-state index in [4.69, 9.17) is 9.72 Å². The lowest BCUT2D eigenvalue weighted by Gasteiger charge is -2.41. The zero-order valence-corrected chi connectivity index (χ0v) is 28.6. The summed E-state index contributed by atoms with van der Waals surface area (Å²) in [7, 11) is 9.56. The molecule has 244 valence electrons. The second-order valence-electron chi connectivity index (χ2n) is 14.6. The van der Waals surface area contributed by atoms with Gasteiger partial charge in [-0.3, -0.25) is 13.9 Å². The van der Waals surface area contributed by atoms with Gasteiger partial charge in [0.05, 0.1) is 18.2 Å². The largest absolute Gasteiger partial charge is 0.497 e. The smallest absolute Gasteiger partial charge is 0.283 e. The number of methoxy groups -OCH3 is 1. The Balaban J connectivity index is 1.32. The Morgan fingerprint density at radius 1 is 1.00 bits per heavy atom. The van der Waals surface area contributed by atoms with Crippen LogP contribution in [0.1, 0.15) is 84.8 Å². The first-order chi connectivity index (χ1) is 22.2. The highest BCUT2D eigenvalue weighted by atomic mass is 32.2. The van der Waals surface area contributed by atoms with Crippen LogP contribution in [0.5, 0.6) is 5.75 Å². The van der Waals surface area contributed by atoms with Crippen LogP contribution in [0.25, 0.3) is 22.3 Å². The zero-order valence-electron chi connectivity index (χ0n) is 27.8. The van der Waals surface area contributed by atoms with E-state index in [1.165, 1.54) is 53.8 Å². The first-order valence-electron chi connectivity index (χ1n) is 17.1. The Kier molecular flexibility index (Phi) is 7.42. The second kappa shape index (κ2) is 11.3. The van der Waals surface area contributed by atoms with Gasteiger partial charge in [0.1, 0.15) is 17.1 Å². The molecule has 2 bridgehead atoms. The van der Waals surface area contributed by atoms with E-state index in [2.05, 4.69) is 45.7 Å². The van der Waals surface area contributed by atoms with Gasteiger partial charge in [-0.05, 0) is 101 Å². The van der Waals surface area contributed by atoms with Crippen LogP contribution in [0.15, 0.2) is 30.3 Å². The molecule has 9 nitrogen and oxygen atoms in total. The molecule has 4 fully saturated rings. The van der Waals surface area contributed by atoms with E-state index in [0.717, 1.165) is 62.0 Å². The van der Waals surface area contributed by atoms with E-state index in [1.54, 1.807) is 18.5 Å². The lowest BCUT2D eigenvalue weighted by atomic mass is 9.81. The van der Waals surface area contributed by atoms with E-state index < -0.39 is 5.41 Å². The minimum atomic E-state index is -0.530. The molecule has 4 atom stereocenters. The van der Waals surface area contributed by atoms with Gasteiger partial charge in [0, 0.05) is 67.8 Å². The van der Waals surface area contributed by atoms with Crippen molar-refractivity contribution in [1.29, 1.82) is 0 Å². The molecule has 2 aliphatic carbocycles. The number of likely N-dealkylation sites (tertiary alicyclic amines) is 1. The molecular formula is C36H46N6O3S. The van der Waals surface area contributed by atoms with E-state index in [-0.39, 0.29) is 23.9 Å². The predicted octanol–water partition coefficient (Wildman–Crippen LogP) is 5.75. The van der Waals surface area contributed by atoms with Crippen LogP contribution < -0.4 is 4.74 Å². The topological polar surface area (TPSA) is 74.2 Å². The molecule has 0 spiro atoms. The number of amides is 2. The minimum absolute atomic E-state index is 0.127. The number of hydrogen-bond donors (Lipinski definition) is 0. The Morgan fingerprint density at radius 3 is 2.43 bits per heavy atom. The van der Waals surface area contributed by atoms with Gasteiger partial charge in [-0.2, -0.15) is 0 Å². The third-order valence-corrected chi connectivity index (χ3v) is 12.2. The number of carbonyl (C=O) groups is 2. The molecule has 3 aliphatic heterocycles. The minimum Gasteiger partial charge on any atom is -0.497 e. The molecule has 5 aliphatic rings. The maximum Gasteiger partial charge on any atom is 0.283 e. The number of piperazine rings is 1. The number of pyridine rings is 1. The highest BCUT2D eigenvalue weighted by Gasteiger charge is 2.65. The number of aromatic nitrogens is 2. The number of hydrogen-bond acceptors (Lipinski definition) is 7. The molecule has 2 aromatic heterocycles. The molecule has 1 aromatic carbocycles. The molecule has 5 heterocycles. The molecule has 8 rings (SSSR count). The number of fused-ring (bicyclic) bond motifs is 9. The first-order valence-corrected chi connectivity index (χ1v) is 17.8. The van der Waals surface area contributed by atoms with Gasteiger partial charge in [0.15, 0.2) is 0 Å². The summed E-state index contributed by atoms with van der Waals surface area (Å²) in [5.74, 6) is 1.58. The van der Waals surface area contributed by atoms with Crippen molar-refractivity contribution in [2.24, 2.45) is 5.41 Å². The van der Waals surface area contributed by atoms with Gasteiger partial charge < -0.3 is 19.1 Å². The van der Waals surface area contributed by atoms with Crippen LogP contribution in [0.2, 0.25) is 0 Å². The normalized spacial score (nSPS) is 27.3. The fraction of sp³-hybridized carbons (Fsp3) is 0.583. The third kappa shape index (κ3) is 4.69. The number of rotatable bonds is 6. The summed E-state index contributed by atoms with van der Waals surface area (Å²) >= 11 is 1.35. The lowest BCUT2D eigenvalue weighted by molar-refractivity contribution is -0.143. The van der Waals surface area contributed by atoms with Crippen LogP contribution in [-0.4, -0.2) is 100 Å². The van der Waals surface area contributed by atoms with Gasteiger partial charge in [-0.25, -0.2) is 9.29 Å². The molecule has 46 heavy (non-hydrogen) atoms. The fourth-order valence-corrected chi connectivity index (χ4v) is 10.1. The molecule has 0 radical (unpaired) electrons. The van der Waals surface area contributed by atoms with Crippen LogP contribution in [0.4, 0.5) is 0 Å². The molecule has 2 amide bonds. The van der Waals surface area contributed by atoms with Gasteiger partial charge in [0.25, 0.3) is 5.91 Å². The van der Waals surface area contributed by atoms with Crippen molar-refractivity contribution in [2.75, 3.05) is 48.4 Å². The molecule has 0 N–H and O–H groups in total. The van der Waals surface area contributed by atoms with Crippen LogP contribution in [0.3, 0.4) is 0 Å². The van der Waals surface area contributed by atoms with E-state index >= 15 is 0 Å². The van der Waals surface area contributed by atoms with Crippen molar-refractivity contribution in [3.8, 4) is 17.0 Å². The van der Waals surface area contributed by atoms with Gasteiger partial charge in [-0.1, -0.05) is 19.3 Å². The summed E-state index contributed by atoms with van der Waals surface area (Å²) in [6.45, 7) is 2.48. The van der Waals surface area contributed by atoms with Gasteiger partial charge in [0.2, 0.25) is 5.91 Å². The summed E-state index contributed by atoms with van der Waals surface area (Å²) in [6, 6.07) is 11.1. The second-order valence-corrected chi connectivity index (χ2v) is 16.1. The molecule has 2 saturated carbocycles. The average Bonchev–Trinajstić information content (AvgIpc) is 3.64. The quantitative estimate of drug-likeness (QED) is 0.317. The summed E-state index contributed by atoms with van der Waals surface area (Å²) in [6.07, 6.45) is 9.02. The molecule has 3 aromatic rings. The monoisotopic (exact) mass is 642 g/mol. The Morgan fingerprint density at radius 2 is 1.74 bits per heavy atom. The van der Waals surface area contributed by atoms with E-state index in [1.807, 2.05) is 24.5 Å². The predicted molar refractivity (Wildman–Crippen MR) is 182 cm³/mol. The van der Waals surface area contributed by atoms with Crippen molar-refractivity contribution in [1.82, 2.24) is 28.0 Å². The number of nitrogens with zero attached hydrogens (tertiary/aromatic N) is 6. The number of carbonyl (C=O) groups excluding carboxylic acids is 2. The molecular weight excluding hydrogens is 597 g/mol. The summed E-state index contributed by atoms with van der Waals surface area (Å²) in [4.78, 5) is 38.5. The van der Waals surface area contributed by atoms with Crippen molar-refractivity contribution in [3.05, 3.63) is 47.2 Å². The Labute approximate surface area is 276 Å². The van der Waals surface area contributed by atoms with Crippen LogP contribution in [0, 0.1) is 5.41 Å². The molecule has 2 saturated heterocycles. The first kappa shape index (κ1) is 30.3. The van der Waals surface area contributed by atoms with Gasteiger partial charge >= 0.3 is 0 Å². The third-order valence-electron chi connectivity index (χ3n) is 11.5. The average molecular weight is 643 g/mol. The van der Waals surface area contributed by atoms with Crippen molar-refractivity contribution < 1.29 is 14.3 Å². The fourth-order valence-electron chi connectivity index (χ4n) is 9.40. The van der Waals surface area contributed by atoms with Crippen LogP contribution in [-0.2, 0) is 11.3 Å².